The summed E-state index contributed by atoms with van der Waals surface area (Å²) in [7, 11) is 0. The summed E-state index contributed by atoms with van der Waals surface area (Å²) < 4.78 is 46.1. The molecule has 1 aliphatic carbocycles. The minimum Gasteiger partial charge on any atom is -0.463 e. The molecule has 1 amide bonds. The first-order valence-corrected chi connectivity index (χ1v) is 8.61. The van der Waals surface area contributed by atoms with Gasteiger partial charge < -0.3 is 9.73 Å². The van der Waals surface area contributed by atoms with Gasteiger partial charge in [-0.25, -0.2) is 4.98 Å². The number of amides is 1. The summed E-state index contributed by atoms with van der Waals surface area (Å²) in [6.45, 7) is 0. The minimum absolute atomic E-state index is 0.00779. The van der Waals surface area contributed by atoms with Crippen molar-refractivity contribution in [1.29, 1.82) is 0 Å². The molecule has 3 aromatic heterocycles. The van der Waals surface area contributed by atoms with E-state index in [9.17, 15) is 18.0 Å². The quantitative estimate of drug-likeness (QED) is 0.753. The molecule has 3 aromatic rings. The fourth-order valence-corrected chi connectivity index (χ4v) is 3.21. The molecule has 4 rings (SSSR count). The molecular formula is C17H16F3N5O2. The molecule has 0 atom stereocenters. The van der Waals surface area contributed by atoms with Crippen molar-refractivity contribution in [3.05, 3.63) is 36.0 Å². The van der Waals surface area contributed by atoms with Crippen molar-refractivity contribution < 1.29 is 22.4 Å². The highest BCUT2D eigenvalue weighted by Gasteiger charge is 2.36. The third-order valence-corrected chi connectivity index (χ3v) is 4.52. The summed E-state index contributed by atoms with van der Waals surface area (Å²) in [6.07, 6.45) is 1.45. The van der Waals surface area contributed by atoms with Crippen LogP contribution in [-0.2, 0) is 6.18 Å². The number of fused-ring (bicyclic) bond motifs is 1. The van der Waals surface area contributed by atoms with Crippen molar-refractivity contribution in [2.24, 2.45) is 0 Å². The number of hydrogen-bond acceptors (Lipinski definition) is 5. The molecule has 0 spiro atoms. The van der Waals surface area contributed by atoms with Gasteiger partial charge in [-0.2, -0.15) is 22.7 Å². The maximum atomic E-state index is 13.5. The summed E-state index contributed by atoms with van der Waals surface area (Å²) in [6, 6.07) is 3.85. The Labute approximate surface area is 151 Å². The van der Waals surface area contributed by atoms with Crippen LogP contribution in [0.5, 0.6) is 0 Å². The van der Waals surface area contributed by atoms with Gasteiger partial charge in [-0.05, 0) is 31.0 Å². The van der Waals surface area contributed by atoms with Gasteiger partial charge in [0, 0.05) is 6.04 Å². The minimum atomic E-state index is -4.70. The zero-order valence-electron chi connectivity index (χ0n) is 14.2. The summed E-state index contributed by atoms with van der Waals surface area (Å²) in [5, 5.41) is 6.54. The number of aromatic nitrogens is 4. The van der Waals surface area contributed by atoms with Crippen LogP contribution in [0.4, 0.5) is 13.2 Å². The van der Waals surface area contributed by atoms with Crippen molar-refractivity contribution in [1.82, 2.24) is 24.9 Å². The molecule has 0 radical (unpaired) electrons. The number of carbonyl (C=O) groups excluding carboxylic acids is 1. The average Bonchev–Trinajstić information content (AvgIpc) is 3.30. The number of furan rings is 1. The fraction of sp³-hybridized carbons (Fsp3) is 0.412. The van der Waals surface area contributed by atoms with E-state index >= 15 is 0 Å². The highest BCUT2D eigenvalue weighted by molar-refractivity contribution is 5.91. The molecule has 1 fully saturated rings. The van der Waals surface area contributed by atoms with Crippen LogP contribution in [0, 0.1) is 0 Å². The zero-order chi connectivity index (χ0) is 19.0. The Morgan fingerprint density at radius 1 is 1.22 bits per heavy atom. The Morgan fingerprint density at radius 2 is 2.00 bits per heavy atom. The van der Waals surface area contributed by atoms with E-state index in [1.165, 1.54) is 12.3 Å². The molecule has 1 aliphatic rings. The van der Waals surface area contributed by atoms with Gasteiger partial charge in [-0.1, -0.05) is 19.3 Å². The van der Waals surface area contributed by atoms with Crippen LogP contribution >= 0.6 is 0 Å². The number of halogens is 3. The van der Waals surface area contributed by atoms with Crippen molar-refractivity contribution in [3.8, 4) is 11.5 Å². The predicted molar refractivity (Wildman–Crippen MR) is 87.8 cm³/mol. The lowest BCUT2D eigenvalue weighted by atomic mass is 9.95. The topological polar surface area (TPSA) is 85.3 Å². The Bertz CT molecular complexity index is 959. The van der Waals surface area contributed by atoms with Crippen LogP contribution in [0.1, 0.15) is 48.4 Å². The lowest BCUT2D eigenvalue weighted by molar-refractivity contribution is -0.142. The molecule has 1 saturated carbocycles. The van der Waals surface area contributed by atoms with Gasteiger partial charge in [-0.15, -0.1) is 5.10 Å². The van der Waals surface area contributed by atoms with Gasteiger partial charge in [0.2, 0.25) is 5.82 Å². The summed E-state index contributed by atoms with van der Waals surface area (Å²) in [5.74, 6) is -1.08. The normalized spacial score (nSPS) is 16.0. The standard InChI is InChI=1S/C17H16F3N5O2/c18-17(19,20)13-9-11(12-7-4-8-27-12)22-16-23-14(24-25(13)16)15(26)21-10-5-2-1-3-6-10/h4,7-10H,1-3,5-6H2,(H,21,26). The van der Waals surface area contributed by atoms with Gasteiger partial charge in [-0.3, -0.25) is 4.79 Å². The summed E-state index contributed by atoms with van der Waals surface area (Å²) >= 11 is 0. The Morgan fingerprint density at radius 3 is 2.67 bits per heavy atom. The average molecular weight is 379 g/mol. The predicted octanol–water partition coefficient (Wildman–Crippen LogP) is 3.47. The van der Waals surface area contributed by atoms with E-state index in [0.717, 1.165) is 38.2 Å². The first-order valence-electron chi connectivity index (χ1n) is 8.61. The van der Waals surface area contributed by atoms with E-state index in [4.69, 9.17) is 4.42 Å². The molecule has 0 unspecified atom stereocenters. The van der Waals surface area contributed by atoms with Crippen LogP contribution in [-0.4, -0.2) is 31.5 Å². The van der Waals surface area contributed by atoms with Crippen LogP contribution < -0.4 is 5.32 Å². The van der Waals surface area contributed by atoms with Gasteiger partial charge in [0.1, 0.15) is 5.69 Å². The van der Waals surface area contributed by atoms with E-state index in [0.29, 0.717) is 4.52 Å². The number of nitrogens with zero attached hydrogens (tertiary/aromatic N) is 4. The first-order chi connectivity index (χ1) is 12.9. The molecular weight excluding hydrogens is 363 g/mol. The third kappa shape index (κ3) is 3.51. The maximum Gasteiger partial charge on any atom is 0.433 e. The van der Waals surface area contributed by atoms with Crippen LogP contribution in [0.25, 0.3) is 17.2 Å². The molecule has 27 heavy (non-hydrogen) atoms. The van der Waals surface area contributed by atoms with Gasteiger partial charge in [0.25, 0.3) is 11.7 Å². The second-order valence-electron chi connectivity index (χ2n) is 6.46. The molecule has 0 saturated heterocycles. The number of nitrogens with one attached hydrogen (secondary N) is 1. The van der Waals surface area contributed by atoms with Gasteiger partial charge in [0.05, 0.1) is 6.26 Å². The molecule has 7 nitrogen and oxygen atoms in total. The number of hydrogen-bond donors (Lipinski definition) is 1. The van der Waals surface area contributed by atoms with E-state index in [-0.39, 0.29) is 29.1 Å². The lowest BCUT2D eigenvalue weighted by Gasteiger charge is -2.21. The van der Waals surface area contributed by atoms with E-state index in [1.54, 1.807) is 6.07 Å². The molecule has 0 bridgehead atoms. The highest BCUT2D eigenvalue weighted by Crippen LogP contribution is 2.32. The van der Waals surface area contributed by atoms with Crippen molar-refractivity contribution in [2.45, 2.75) is 44.3 Å². The Hall–Kier alpha value is -2.91. The third-order valence-electron chi connectivity index (χ3n) is 4.52. The molecule has 0 aliphatic heterocycles. The largest absolute Gasteiger partial charge is 0.463 e. The fourth-order valence-electron chi connectivity index (χ4n) is 3.21. The molecule has 3 heterocycles. The first kappa shape index (κ1) is 17.5. The highest BCUT2D eigenvalue weighted by atomic mass is 19.4. The SMILES string of the molecule is O=C(NC1CCCCC1)c1nc2nc(-c3ccco3)cc(C(F)(F)F)n2n1. The molecule has 142 valence electrons. The summed E-state index contributed by atoms with van der Waals surface area (Å²) in [5.41, 5.74) is -1.12. The van der Waals surface area contributed by atoms with E-state index in [2.05, 4.69) is 20.4 Å². The number of carbonyl (C=O) groups is 1. The lowest BCUT2D eigenvalue weighted by Crippen LogP contribution is -2.36. The smallest absolute Gasteiger partial charge is 0.433 e. The van der Waals surface area contributed by atoms with E-state index < -0.39 is 17.8 Å². The molecule has 1 N–H and O–H groups in total. The van der Waals surface area contributed by atoms with E-state index in [1.807, 2.05) is 0 Å². The Balaban J connectivity index is 1.72. The second kappa shape index (κ2) is 6.67. The maximum absolute atomic E-state index is 13.5. The van der Waals surface area contributed by atoms with Crippen molar-refractivity contribution in [3.63, 3.8) is 0 Å². The van der Waals surface area contributed by atoms with Gasteiger partial charge in [0.15, 0.2) is 11.5 Å². The molecule has 10 heteroatoms. The van der Waals surface area contributed by atoms with Crippen LogP contribution in [0.15, 0.2) is 28.9 Å². The summed E-state index contributed by atoms with van der Waals surface area (Å²) in [4.78, 5) is 20.3. The number of rotatable bonds is 3. The van der Waals surface area contributed by atoms with Crippen molar-refractivity contribution >= 4 is 11.7 Å². The van der Waals surface area contributed by atoms with Crippen molar-refractivity contribution in [2.75, 3.05) is 0 Å². The monoisotopic (exact) mass is 379 g/mol. The number of alkyl halides is 3. The van der Waals surface area contributed by atoms with Crippen LogP contribution in [0.3, 0.4) is 0 Å². The Kier molecular flexibility index (Phi) is 4.33. The van der Waals surface area contributed by atoms with Crippen LogP contribution in [0.2, 0.25) is 0 Å². The molecule has 0 aromatic carbocycles. The zero-order valence-corrected chi connectivity index (χ0v) is 14.2. The second-order valence-corrected chi connectivity index (χ2v) is 6.46. The van der Waals surface area contributed by atoms with Gasteiger partial charge >= 0.3 is 6.18 Å².